The van der Waals surface area contributed by atoms with Crippen LogP contribution >= 0.6 is 0 Å². The fraction of sp³-hybridized carbons (Fsp3) is 0.862. The van der Waals surface area contributed by atoms with E-state index in [9.17, 15) is 5.11 Å². The molecule has 180 valence electrons. The summed E-state index contributed by atoms with van der Waals surface area (Å²) in [5.74, 6) is 2.18. The van der Waals surface area contributed by atoms with Crippen LogP contribution in [0.15, 0.2) is 22.8 Å². The lowest BCUT2D eigenvalue weighted by atomic mass is 9.46. The molecule has 2 fully saturated rings. The van der Waals surface area contributed by atoms with E-state index in [-0.39, 0.29) is 11.5 Å². The van der Waals surface area contributed by atoms with Crippen molar-refractivity contribution < 1.29 is 9.84 Å². The SMILES string of the molecule is C[C@@H](CCN1CCOCC1)[C@H]1CC=C2C3=C(CC[C@@]21C)[C@@]1(C)CC[C@H](O)C(C)(C)[C@@H]1CC3. The van der Waals surface area contributed by atoms with Crippen molar-refractivity contribution in [3.63, 3.8) is 0 Å². The van der Waals surface area contributed by atoms with Gasteiger partial charge in [-0.3, -0.25) is 4.90 Å². The number of allylic oxidation sites excluding steroid dienone is 4. The summed E-state index contributed by atoms with van der Waals surface area (Å²) in [5, 5.41) is 10.8. The maximum absolute atomic E-state index is 10.8. The average molecular weight is 442 g/mol. The van der Waals surface area contributed by atoms with Gasteiger partial charge < -0.3 is 9.84 Å². The minimum atomic E-state index is -0.140. The summed E-state index contributed by atoms with van der Waals surface area (Å²) in [6.45, 7) is 17.6. The van der Waals surface area contributed by atoms with Gasteiger partial charge in [0, 0.05) is 13.1 Å². The molecule has 5 rings (SSSR count). The van der Waals surface area contributed by atoms with E-state index in [4.69, 9.17) is 4.74 Å². The molecule has 4 aliphatic carbocycles. The smallest absolute Gasteiger partial charge is 0.0594 e. The van der Waals surface area contributed by atoms with Crippen molar-refractivity contribution >= 4 is 0 Å². The van der Waals surface area contributed by atoms with E-state index >= 15 is 0 Å². The van der Waals surface area contributed by atoms with Crippen LogP contribution in [0, 0.1) is 34.0 Å². The molecule has 1 saturated heterocycles. The van der Waals surface area contributed by atoms with Crippen LogP contribution < -0.4 is 0 Å². The lowest BCUT2D eigenvalue weighted by Gasteiger charge is -2.59. The molecule has 0 spiro atoms. The zero-order valence-electron chi connectivity index (χ0n) is 21.4. The molecule has 0 aromatic heterocycles. The first-order chi connectivity index (χ1) is 15.2. The zero-order valence-corrected chi connectivity index (χ0v) is 21.4. The van der Waals surface area contributed by atoms with Gasteiger partial charge in [-0.15, -0.1) is 0 Å². The molecule has 1 N–H and O–H groups in total. The minimum absolute atomic E-state index is 0.0346. The standard InChI is InChI=1S/C29H47NO2/c1-20(12-15-30-16-18-32-19-17-30)22-7-8-23-21-6-9-25-27(2,3)26(31)11-14-29(25,5)24(21)10-13-28(22,23)4/h8,20,22,25-26,31H,6-7,9-19H2,1-5H3/t20-,22+,25-,26-,28+,29+/m0/s1. The summed E-state index contributed by atoms with van der Waals surface area (Å²) < 4.78 is 5.54. The Labute approximate surface area is 196 Å². The highest BCUT2D eigenvalue weighted by Crippen LogP contribution is 2.66. The lowest BCUT2D eigenvalue weighted by Crippen LogP contribution is -2.53. The van der Waals surface area contributed by atoms with Crippen molar-refractivity contribution in [1.82, 2.24) is 4.90 Å². The maximum atomic E-state index is 10.8. The Morgan fingerprint density at radius 3 is 2.56 bits per heavy atom. The molecule has 6 atom stereocenters. The van der Waals surface area contributed by atoms with E-state index in [1.54, 1.807) is 16.7 Å². The van der Waals surface area contributed by atoms with E-state index in [1.807, 2.05) is 0 Å². The molecule has 0 radical (unpaired) electrons. The van der Waals surface area contributed by atoms with Crippen molar-refractivity contribution in [2.45, 2.75) is 92.1 Å². The van der Waals surface area contributed by atoms with Gasteiger partial charge in [0.1, 0.15) is 0 Å². The Morgan fingerprint density at radius 2 is 1.81 bits per heavy atom. The average Bonchev–Trinajstić information content (AvgIpc) is 3.13. The van der Waals surface area contributed by atoms with Gasteiger partial charge in [0.2, 0.25) is 0 Å². The molecule has 32 heavy (non-hydrogen) atoms. The Balaban J connectivity index is 1.35. The highest BCUT2D eigenvalue weighted by molar-refractivity contribution is 5.49. The van der Waals surface area contributed by atoms with Crippen LogP contribution in [0.1, 0.15) is 86.0 Å². The third kappa shape index (κ3) is 3.48. The number of hydrogen-bond acceptors (Lipinski definition) is 3. The van der Waals surface area contributed by atoms with Crippen LogP contribution in [0.25, 0.3) is 0 Å². The van der Waals surface area contributed by atoms with Crippen LogP contribution in [0.5, 0.6) is 0 Å². The summed E-state index contributed by atoms with van der Waals surface area (Å²) in [6, 6.07) is 0. The number of morpholine rings is 1. The molecule has 0 amide bonds. The van der Waals surface area contributed by atoms with Crippen LogP contribution in [-0.4, -0.2) is 49.0 Å². The summed E-state index contributed by atoms with van der Waals surface area (Å²) in [5.41, 5.74) is 5.99. The molecule has 1 saturated carbocycles. The van der Waals surface area contributed by atoms with Gasteiger partial charge in [0.25, 0.3) is 0 Å². The molecule has 1 aliphatic heterocycles. The van der Waals surface area contributed by atoms with E-state index in [1.165, 1.54) is 51.5 Å². The predicted molar refractivity (Wildman–Crippen MR) is 131 cm³/mol. The molecule has 0 bridgehead atoms. The maximum Gasteiger partial charge on any atom is 0.0594 e. The van der Waals surface area contributed by atoms with Gasteiger partial charge in [-0.1, -0.05) is 46.3 Å². The van der Waals surface area contributed by atoms with E-state index < -0.39 is 0 Å². The fourth-order valence-electron chi connectivity index (χ4n) is 8.99. The zero-order chi connectivity index (χ0) is 22.7. The quantitative estimate of drug-likeness (QED) is 0.582. The molecule has 0 unspecified atom stereocenters. The highest BCUT2D eigenvalue weighted by atomic mass is 16.5. The van der Waals surface area contributed by atoms with Gasteiger partial charge in [-0.05, 0) is 103 Å². The van der Waals surface area contributed by atoms with E-state index in [0.717, 1.165) is 44.6 Å². The second-order valence-electron chi connectivity index (χ2n) is 12.9. The third-order valence-corrected chi connectivity index (χ3v) is 11.1. The Morgan fingerprint density at radius 1 is 1.06 bits per heavy atom. The van der Waals surface area contributed by atoms with Crippen LogP contribution in [0.3, 0.4) is 0 Å². The number of rotatable bonds is 4. The molecule has 3 nitrogen and oxygen atoms in total. The van der Waals surface area contributed by atoms with Gasteiger partial charge in [0.05, 0.1) is 19.3 Å². The molecular weight excluding hydrogens is 394 g/mol. The molecule has 0 aromatic carbocycles. The van der Waals surface area contributed by atoms with E-state index in [0.29, 0.717) is 16.7 Å². The highest BCUT2D eigenvalue weighted by Gasteiger charge is 2.57. The van der Waals surface area contributed by atoms with Gasteiger partial charge in [0.15, 0.2) is 0 Å². The Hall–Kier alpha value is -0.640. The largest absolute Gasteiger partial charge is 0.393 e. The molecular formula is C29H47NO2. The van der Waals surface area contributed by atoms with Gasteiger partial charge in [-0.2, -0.15) is 0 Å². The molecule has 5 aliphatic rings. The summed E-state index contributed by atoms with van der Waals surface area (Å²) in [4.78, 5) is 2.61. The van der Waals surface area contributed by atoms with Crippen LogP contribution in [-0.2, 0) is 4.74 Å². The number of nitrogens with zero attached hydrogens (tertiary/aromatic N) is 1. The van der Waals surface area contributed by atoms with Gasteiger partial charge in [-0.25, -0.2) is 0 Å². The first-order valence-electron chi connectivity index (χ1n) is 13.6. The molecule has 1 heterocycles. The van der Waals surface area contributed by atoms with Crippen molar-refractivity contribution in [3.05, 3.63) is 22.8 Å². The number of aliphatic hydroxyl groups is 1. The van der Waals surface area contributed by atoms with Crippen molar-refractivity contribution in [1.29, 1.82) is 0 Å². The fourth-order valence-corrected chi connectivity index (χ4v) is 8.99. The van der Waals surface area contributed by atoms with Crippen molar-refractivity contribution in [3.8, 4) is 0 Å². The van der Waals surface area contributed by atoms with Crippen molar-refractivity contribution in [2.24, 2.45) is 34.0 Å². The predicted octanol–water partition coefficient (Wildman–Crippen LogP) is 5.99. The second kappa shape index (κ2) is 8.24. The van der Waals surface area contributed by atoms with Gasteiger partial charge >= 0.3 is 0 Å². The number of fused-ring (bicyclic) bond motifs is 4. The van der Waals surface area contributed by atoms with Crippen LogP contribution in [0.4, 0.5) is 0 Å². The third-order valence-electron chi connectivity index (χ3n) is 11.1. The van der Waals surface area contributed by atoms with Crippen molar-refractivity contribution in [2.75, 3.05) is 32.8 Å². The number of aliphatic hydroxyl groups excluding tert-OH is 1. The van der Waals surface area contributed by atoms with Crippen LogP contribution in [0.2, 0.25) is 0 Å². The minimum Gasteiger partial charge on any atom is -0.393 e. The molecule has 0 aromatic rings. The van der Waals surface area contributed by atoms with E-state index in [2.05, 4.69) is 45.6 Å². The summed E-state index contributed by atoms with van der Waals surface area (Å²) in [6.07, 6.45) is 12.4. The number of ether oxygens (including phenoxy) is 1. The summed E-state index contributed by atoms with van der Waals surface area (Å²) >= 11 is 0. The molecule has 3 heteroatoms. The monoisotopic (exact) mass is 441 g/mol. The Bertz CT molecular complexity index is 791. The first kappa shape index (κ1) is 23.1. The first-order valence-corrected chi connectivity index (χ1v) is 13.6. The normalized spacial score (nSPS) is 42.7. The topological polar surface area (TPSA) is 32.7 Å². The Kier molecular flexibility index (Phi) is 5.95. The number of hydrogen-bond donors (Lipinski definition) is 1. The summed E-state index contributed by atoms with van der Waals surface area (Å²) in [7, 11) is 0. The lowest BCUT2D eigenvalue weighted by molar-refractivity contribution is -0.0905. The second-order valence-corrected chi connectivity index (χ2v) is 12.9.